The van der Waals surface area contributed by atoms with Crippen LogP contribution in [0.2, 0.25) is 0 Å². The Bertz CT molecular complexity index is 963. The second-order valence-electron chi connectivity index (χ2n) is 5.94. The third-order valence-electron chi connectivity index (χ3n) is 4.23. The molecule has 0 spiro atoms. The summed E-state index contributed by atoms with van der Waals surface area (Å²) < 4.78 is 5.01. The zero-order chi connectivity index (χ0) is 19.6. The van der Waals surface area contributed by atoms with Crippen LogP contribution >= 0.6 is 0 Å². The number of hydrogen-bond donors (Lipinski definition) is 2. The lowest BCUT2D eigenvalue weighted by Gasteiger charge is -2.28. The summed E-state index contributed by atoms with van der Waals surface area (Å²) in [6.45, 7) is -0.216. The maximum atomic E-state index is 12.9. The Morgan fingerprint density at radius 3 is 2.44 bits per heavy atom. The summed E-state index contributed by atoms with van der Waals surface area (Å²) in [4.78, 5) is 37.3. The number of amides is 2. The van der Waals surface area contributed by atoms with Crippen molar-refractivity contribution in [1.82, 2.24) is 4.90 Å². The van der Waals surface area contributed by atoms with Crippen LogP contribution in [0, 0.1) is 0 Å². The van der Waals surface area contributed by atoms with Gasteiger partial charge in [-0.1, -0.05) is 24.3 Å². The van der Waals surface area contributed by atoms with Gasteiger partial charge in [-0.15, -0.1) is 0 Å². The summed E-state index contributed by atoms with van der Waals surface area (Å²) in [5, 5.41) is 18.8. The third-order valence-corrected chi connectivity index (χ3v) is 4.23. The van der Waals surface area contributed by atoms with E-state index in [-0.39, 0.29) is 24.3 Å². The average Bonchev–Trinajstić information content (AvgIpc) is 2.65. The first kappa shape index (κ1) is 18.2. The highest BCUT2D eigenvalue weighted by Crippen LogP contribution is 2.32. The molecule has 1 heterocycles. The van der Waals surface area contributed by atoms with Crippen molar-refractivity contribution in [2.75, 3.05) is 13.7 Å². The number of aliphatic carboxylic acids is 1. The summed E-state index contributed by atoms with van der Waals surface area (Å²) in [7, 11) is 1.43. The number of rotatable bonds is 5. The standard InChI is InChI=1S/C20H17NO6/c1-27-17-7-6-12(11-16(17)22)10-15-13-4-2-3-5-14(13)19(25)21(20(15)26)9-8-18(23)24/h2-7,10-11,22H,8-9H2,1H3,(H,23,24)/b15-10-. The molecule has 2 aromatic rings. The SMILES string of the molecule is COc1ccc(/C=C2\C(=O)N(CCC(=O)O)C(=O)c3ccccc32)cc1O. The van der Waals surface area contributed by atoms with Crippen LogP contribution in [0.1, 0.15) is 27.9 Å². The van der Waals surface area contributed by atoms with Crippen LogP contribution in [0.15, 0.2) is 42.5 Å². The Morgan fingerprint density at radius 2 is 1.81 bits per heavy atom. The largest absolute Gasteiger partial charge is 0.504 e. The molecule has 7 heteroatoms. The van der Waals surface area contributed by atoms with Gasteiger partial charge in [0.05, 0.1) is 13.5 Å². The fraction of sp³-hybridized carbons (Fsp3) is 0.150. The molecule has 0 bridgehead atoms. The number of aromatic hydroxyl groups is 1. The number of fused-ring (bicyclic) bond motifs is 1. The first-order chi connectivity index (χ1) is 12.9. The van der Waals surface area contributed by atoms with Crippen LogP contribution in [0.3, 0.4) is 0 Å². The van der Waals surface area contributed by atoms with Crippen molar-refractivity contribution in [3.05, 3.63) is 59.2 Å². The molecule has 0 fully saturated rings. The zero-order valence-electron chi connectivity index (χ0n) is 14.5. The Morgan fingerprint density at radius 1 is 1.11 bits per heavy atom. The highest BCUT2D eigenvalue weighted by molar-refractivity contribution is 6.33. The van der Waals surface area contributed by atoms with Gasteiger partial charge in [-0.25, -0.2) is 0 Å². The van der Waals surface area contributed by atoms with Crippen LogP contribution in [-0.2, 0) is 9.59 Å². The van der Waals surface area contributed by atoms with Crippen LogP contribution in [0.25, 0.3) is 11.6 Å². The van der Waals surface area contributed by atoms with Crippen molar-refractivity contribution in [1.29, 1.82) is 0 Å². The molecule has 7 nitrogen and oxygen atoms in total. The van der Waals surface area contributed by atoms with Crippen molar-refractivity contribution >= 4 is 29.4 Å². The molecule has 1 aliphatic heterocycles. The smallest absolute Gasteiger partial charge is 0.305 e. The lowest BCUT2D eigenvalue weighted by molar-refractivity contribution is -0.137. The molecule has 0 aromatic heterocycles. The normalized spacial score (nSPS) is 15.0. The van der Waals surface area contributed by atoms with Crippen LogP contribution < -0.4 is 4.74 Å². The number of methoxy groups -OCH3 is 1. The van der Waals surface area contributed by atoms with Gasteiger partial charge in [0, 0.05) is 17.7 Å². The van der Waals surface area contributed by atoms with Crippen molar-refractivity contribution < 1.29 is 29.3 Å². The van der Waals surface area contributed by atoms with E-state index in [9.17, 15) is 19.5 Å². The molecule has 27 heavy (non-hydrogen) atoms. The molecule has 3 rings (SSSR count). The summed E-state index contributed by atoms with van der Waals surface area (Å²) in [5.41, 5.74) is 1.58. The van der Waals surface area contributed by atoms with Gasteiger partial charge in [0.2, 0.25) is 0 Å². The minimum Gasteiger partial charge on any atom is -0.504 e. The Kier molecular flexibility index (Phi) is 4.94. The molecule has 2 amide bonds. The first-order valence-corrected chi connectivity index (χ1v) is 8.18. The van der Waals surface area contributed by atoms with Crippen molar-refractivity contribution in [3.8, 4) is 11.5 Å². The van der Waals surface area contributed by atoms with Gasteiger partial charge in [0.25, 0.3) is 11.8 Å². The number of carboxylic acids is 1. The number of hydrogen-bond acceptors (Lipinski definition) is 5. The third kappa shape index (κ3) is 3.52. The van der Waals surface area contributed by atoms with E-state index in [0.717, 1.165) is 4.90 Å². The van der Waals surface area contributed by atoms with E-state index in [2.05, 4.69) is 0 Å². The van der Waals surface area contributed by atoms with E-state index >= 15 is 0 Å². The Hall–Kier alpha value is -3.61. The highest BCUT2D eigenvalue weighted by atomic mass is 16.5. The molecule has 0 aliphatic carbocycles. The van der Waals surface area contributed by atoms with Gasteiger partial charge >= 0.3 is 5.97 Å². The van der Waals surface area contributed by atoms with Crippen molar-refractivity contribution in [3.63, 3.8) is 0 Å². The molecule has 138 valence electrons. The first-order valence-electron chi connectivity index (χ1n) is 8.18. The van der Waals surface area contributed by atoms with Crippen molar-refractivity contribution in [2.24, 2.45) is 0 Å². The molecule has 0 saturated heterocycles. The minimum absolute atomic E-state index is 0.0813. The number of benzene rings is 2. The van der Waals surface area contributed by atoms with Gasteiger partial charge in [0.1, 0.15) is 0 Å². The highest BCUT2D eigenvalue weighted by Gasteiger charge is 2.34. The number of nitrogens with zero attached hydrogens (tertiary/aromatic N) is 1. The quantitative estimate of drug-likeness (QED) is 0.621. The second-order valence-corrected chi connectivity index (χ2v) is 5.94. The molecule has 0 saturated carbocycles. The summed E-state index contributed by atoms with van der Waals surface area (Å²) in [5.74, 6) is -1.98. The van der Waals surface area contributed by atoms with E-state index in [1.165, 1.54) is 13.2 Å². The number of carbonyl (C=O) groups excluding carboxylic acids is 2. The monoisotopic (exact) mass is 367 g/mol. The van der Waals surface area contributed by atoms with Crippen LogP contribution in [0.4, 0.5) is 0 Å². The molecule has 0 atom stereocenters. The molecular formula is C20H17NO6. The minimum atomic E-state index is -1.10. The van der Waals surface area contributed by atoms with Gasteiger partial charge in [-0.05, 0) is 35.4 Å². The lowest BCUT2D eigenvalue weighted by Crippen LogP contribution is -2.42. The van der Waals surface area contributed by atoms with Gasteiger partial charge in [0.15, 0.2) is 11.5 Å². The van der Waals surface area contributed by atoms with Crippen LogP contribution in [0.5, 0.6) is 11.5 Å². The van der Waals surface area contributed by atoms with Gasteiger partial charge in [-0.2, -0.15) is 0 Å². The van der Waals surface area contributed by atoms with E-state index < -0.39 is 17.8 Å². The lowest BCUT2D eigenvalue weighted by atomic mass is 9.92. The fourth-order valence-corrected chi connectivity index (χ4v) is 2.92. The van der Waals surface area contributed by atoms with Gasteiger partial charge < -0.3 is 14.9 Å². The predicted octanol–water partition coefficient (Wildman–Crippen LogP) is 2.40. The summed E-state index contributed by atoms with van der Waals surface area (Å²) in [6, 6.07) is 11.3. The predicted molar refractivity (Wildman–Crippen MR) is 97.3 cm³/mol. The number of imide groups is 1. The number of carbonyl (C=O) groups is 3. The van der Waals surface area contributed by atoms with E-state index in [1.807, 2.05) is 0 Å². The topological polar surface area (TPSA) is 104 Å². The molecule has 2 aromatic carbocycles. The Labute approximate surface area is 155 Å². The maximum Gasteiger partial charge on any atom is 0.305 e. The van der Waals surface area contributed by atoms with E-state index in [0.29, 0.717) is 22.4 Å². The molecule has 0 unspecified atom stereocenters. The zero-order valence-corrected chi connectivity index (χ0v) is 14.5. The molecule has 1 aliphatic rings. The van der Waals surface area contributed by atoms with Crippen molar-refractivity contribution in [2.45, 2.75) is 6.42 Å². The summed E-state index contributed by atoms with van der Waals surface area (Å²) >= 11 is 0. The molecular weight excluding hydrogens is 350 g/mol. The van der Waals surface area contributed by atoms with Gasteiger partial charge in [-0.3, -0.25) is 19.3 Å². The molecule has 0 radical (unpaired) electrons. The number of phenolic OH excluding ortho intramolecular Hbond substituents is 1. The second kappa shape index (κ2) is 7.33. The average molecular weight is 367 g/mol. The fourth-order valence-electron chi connectivity index (χ4n) is 2.92. The molecule has 2 N–H and O–H groups in total. The van der Waals surface area contributed by atoms with E-state index in [1.54, 1.807) is 42.5 Å². The van der Waals surface area contributed by atoms with Crippen LogP contribution in [-0.4, -0.2) is 46.6 Å². The van der Waals surface area contributed by atoms with E-state index in [4.69, 9.17) is 9.84 Å². The maximum absolute atomic E-state index is 12.9. The Balaban J connectivity index is 2.08. The number of phenols is 1. The number of carboxylic acid groups (broad SMARTS) is 1. The number of ether oxygens (including phenoxy) is 1. The summed E-state index contributed by atoms with van der Waals surface area (Å²) in [6.07, 6.45) is 1.22.